The lowest BCUT2D eigenvalue weighted by molar-refractivity contribution is -0.0394. The first-order valence-corrected chi connectivity index (χ1v) is 6.44. The second kappa shape index (κ2) is 5.32. The summed E-state index contributed by atoms with van der Waals surface area (Å²) in [7, 11) is 0. The van der Waals surface area contributed by atoms with E-state index in [1.807, 2.05) is 16.9 Å². The predicted molar refractivity (Wildman–Crippen MR) is 69.7 cm³/mol. The minimum atomic E-state index is 0.0387. The van der Waals surface area contributed by atoms with Gasteiger partial charge in [0.05, 0.1) is 11.9 Å². The Morgan fingerprint density at radius 2 is 2.26 bits per heavy atom. The molecule has 5 heteroatoms. The van der Waals surface area contributed by atoms with Crippen LogP contribution in [0.25, 0.3) is 11.3 Å². The maximum atomic E-state index is 10.6. The zero-order chi connectivity index (χ0) is 13.1. The molecule has 0 aromatic carbocycles. The lowest BCUT2D eigenvalue weighted by Gasteiger charge is -2.22. The first kappa shape index (κ1) is 12.0. The third kappa shape index (κ3) is 2.56. The maximum Gasteiger partial charge on any atom is 0.151 e. The molecule has 0 radical (unpaired) electrons. The second-order valence-electron chi connectivity index (χ2n) is 4.62. The number of nitrogens with zero attached hydrogens (tertiary/aromatic N) is 3. The maximum absolute atomic E-state index is 10.6. The van der Waals surface area contributed by atoms with Gasteiger partial charge in [0.1, 0.15) is 6.23 Å². The van der Waals surface area contributed by atoms with Crippen LogP contribution in [0, 0.1) is 0 Å². The van der Waals surface area contributed by atoms with Crippen LogP contribution >= 0.6 is 0 Å². The molecule has 0 saturated carbocycles. The standard InChI is InChI=1S/C14H15N3O2/c18-10-11-4-5-13(15-7-11)12-8-16-17(9-12)14-3-1-2-6-19-14/h4-5,7-10,14H,1-3,6H2. The van der Waals surface area contributed by atoms with Gasteiger partial charge in [-0.1, -0.05) is 0 Å². The topological polar surface area (TPSA) is 57.0 Å². The van der Waals surface area contributed by atoms with Crippen molar-refractivity contribution in [2.45, 2.75) is 25.5 Å². The van der Waals surface area contributed by atoms with E-state index in [9.17, 15) is 4.79 Å². The van der Waals surface area contributed by atoms with Crippen molar-refractivity contribution in [2.75, 3.05) is 6.61 Å². The van der Waals surface area contributed by atoms with Crippen LogP contribution < -0.4 is 0 Å². The van der Waals surface area contributed by atoms with Gasteiger partial charge in [-0.15, -0.1) is 0 Å². The summed E-state index contributed by atoms with van der Waals surface area (Å²) in [5, 5.41) is 4.34. The molecule has 98 valence electrons. The fourth-order valence-electron chi connectivity index (χ4n) is 2.21. The zero-order valence-corrected chi connectivity index (χ0v) is 10.5. The van der Waals surface area contributed by atoms with Gasteiger partial charge in [0, 0.05) is 30.1 Å². The molecule has 1 fully saturated rings. The van der Waals surface area contributed by atoms with Crippen LogP contribution in [0.5, 0.6) is 0 Å². The molecule has 0 bridgehead atoms. The van der Waals surface area contributed by atoms with Crippen molar-refractivity contribution < 1.29 is 9.53 Å². The van der Waals surface area contributed by atoms with E-state index in [4.69, 9.17) is 4.74 Å². The highest BCUT2D eigenvalue weighted by molar-refractivity contribution is 5.75. The van der Waals surface area contributed by atoms with Crippen LogP contribution in [0.15, 0.2) is 30.7 Å². The summed E-state index contributed by atoms with van der Waals surface area (Å²) in [6.45, 7) is 0.798. The van der Waals surface area contributed by atoms with Crippen LogP contribution in [-0.2, 0) is 4.74 Å². The quantitative estimate of drug-likeness (QED) is 0.792. The highest BCUT2D eigenvalue weighted by Gasteiger charge is 2.16. The fourth-order valence-corrected chi connectivity index (χ4v) is 2.21. The van der Waals surface area contributed by atoms with Crippen LogP contribution in [0.3, 0.4) is 0 Å². The molecule has 1 saturated heterocycles. The molecule has 19 heavy (non-hydrogen) atoms. The van der Waals surface area contributed by atoms with Gasteiger partial charge in [-0.25, -0.2) is 4.68 Å². The van der Waals surface area contributed by atoms with Crippen molar-refractivity contribution in [2.24, 2.45) is 0 Å². The van der Waals surface area contributed by atoms with Gasteiger partial charge < -0.3 is 4.74 Å². The Kier molecular flexibility index (Phi) is 3.37. The number of carbonyl (C=O) groups is 1. The number of aromatic nitrogens is 3. The van der Waals surface area contributed by atoms with E-state index in [2.05, 4.69) is 10.1 Å². The molecule has 0 aliphatic carbocycles. The van der Waals surface area contributed by atoms with Crippen LogP contribution in [0.2, 0.25) is 0 Å². The molecule has 1 unspecified atom stereocenters. The Balaban J connectivity index is 1.81. The lowest BCUT2D eigenvalue weighted by atomic mass is 10.2. The molecular weight excluding hydrogens is 242 g/mol. The summed E-state index contributed by atoms with van der Waals surface area (Å²) < 4.78 is 7.53. The van der Waals surface area contributed by atoms with Crippen molar-refractivity contribution in [3.8, 4) is 11.3 Å². The second-order valence-corrected chi connectivity index (χ2v) is 4.62. The van der Waals surface area contributed by atoms with Gasteiger partial charge in [-0.2, -0.15) is 5.10 Å². The highest BCUT2D eigenvalue weighted by Crippen LogP contribution is 2.24. The number of pyridine rings is 1. The minimum absolute atomic E-state index is 0.0387. The Morgan fingerprint density at radius 3 is 2.95 bits per heavy atom. The third-order valence-electron chi connectivity index (χ3n) is 3.27. The number of ether oxygens (including phenoxy) is 1. The first-order chi connectivity index (χ1) is 9.36. The van der Waals surface area contributed by atoms with Gasteiger partial charge in [-0.3, -0.25) is 9.78 Å². The van der Waals surface area contributed by atoms with E-state index in [1.54, 1.807) is 18.5 Å². The molecule has 2 aromatic heterocycles. The Labute approximate surface area is 111 Å². The number of rotatable bonds is 3. The van der Waals surface area contributed by atoms with Gasteiger partial charge in [-0.05, 0) is 31.4 Å². The number of hydrogen-bond acceptors (Lipinski definition) is 4. The molecular formula is C14H15N3O2. The molecule has 1 aliphatic heterocycles. The Bertz CT molecular complexity index is 556. The van der Waals surface area contributed by atoms with E-state index in [-0.39, 0.29) is 6.23 Å². The van der Waals surface area contributed by atoms with Crippen molar-refractivity contribution in [1.29, 1.82) is 0 Å². The van der Waals surface area contributed by atoms with Gasteiger partial charge >= 0.3 is 0 Å². The number of aldehydes is 1. The molecule has 3 heterocycles. The normalized spacial score (nSPS) is 19.3. The monoisotopic (exact) mass is 257 g/mol. The van der Waals surface area contributed by atoms with Gasteiger partial charge in [0.25, 0.3) is 0 Å². The largest absolute Gasteiger partial charge is 0.357 e. The van der Waals surface area contributed by atoms with Crippen LogP contribution in [-0.4, -0.2) is 27.7 Å². The Morgan fingerprint density at radius 1 is 1.32 bits per heavy atom. The summed E-state index contributed by atoms with van der Waals surface area (Å²) in [4.78, 5) is 14.8. The summed E-state index contributed by atoms with van der Waals surface area (Å²) in [5.74, 6) is 0. The van der Waals surface area contributed by atoms with Crippen molar-refractivity contribution >= 4 is 6.29 Å². The number of hydrogen-bond donors (Lipinski definition) is 0. The molecule has 0 spiro atoms. The van der Waals surface area contributed by atoms with Crippen LogP contribution in [0.4, 0.5) is 0 Å². The molecule has 3 rings (SSSR count). The van der Waals surface area contributed by atoms with E-state index in [1.165, 1.54) is 6.42 Å². The average Bonchev–Trinajstić information content (AvgIpc) is 2.98. The lowest BCUT2D eigenvalue weighted by Crippen LogP contribution is -2.18. The SMILES string of the molecule is O=Cc1ccc(-c2cnn(C3CCCCO3)c2)nc1. The fraction of sp³-hybridized carbons (Fsp3) is 0.357. The van der Waals surface area contributed by atoms with Crippen molar-refractivity contribution in [1.82, 2.24) is 14.8 Å². The summed E-state index contributed by atoms with van der Waals surface area (Å²) >= 11 is 0. The molecule has 0 amide bonds. The van der Waals surface area contributed by atoms with E-state index < -0.39 is 0 Å². The van der Waals surface area contributed by atoms with Gasteiger partial charge in [0.15, 0.2) is 6.29 Å². The van der Waals surface area contributed by atoms with E-state index >= 15 is 0 Å². The molecule has 1 atom stereocenters. The van der Waals surface area contributed by atoms with Crippen molar-refractivity contribution in [3.05, 3.63) is 36.3 Å². The molecule has 0 N–H and O–H groups in total. The minimum Gasteiger partial charge on any atom is -0.357 e. The Hall–Kier alpha value is -2.01. The molecule has 5 nitrogen and oxygen atoms in total. The predicted octanol–water partition coefficient (Wildman–Crippen LogP) is 2.46. The summed E-state index contributed by atoms with van der Waals surface area (Å²) in [6.07, 6.45) is 9.41. The zero-order valence-electron chi connectivity index (χ0n) is 10.5. The summed E-state index contributed by atoms with van der Waals surface area (Å²) in [6, 6.07) is 3.58. The first-order valence-electron chi connectivity index (χ1n) is 6.44. The van der Waals surface area contributed by atoms with Gasteiger partial charge in [0.2, 0.25) is 0 Å². The highest BCUT2D eigenvalue weighted by atomic mass is 16.5. The van der Waals surface area contributed by atoms with Crippen LogP contribution in [0.1, 0.15) is 35.8 Å². The molecule has 1 aliphatic rings. The smallest absolute Gasteiger partial charge is 0.151 e. The molecule has 2 aromatic rings. The summed E-state index contributed by atoms with van der Waals surface area (Å²) in [5.41, 5.74) is 2.33. The van der Waals surface area contributed by atoms with E-state index in [0.29, 0.717) is 5.56 Å². The average molecular weight is 257 g/mol. The van der Waals surface area contributed by atoms with E-state index in [0.717, 1.165) is 37.0 Å². The van der Waals surface area contributed by atoms with Crippen molar-refractivity contribution in [3.63, 3.8) is 0 Å². The number of carbonyl (C=O) groups excluding carboxylic acids is 1. The third-order valence-corrected chi connectivity index (χ3v) is 3.27.